The lowest BCUT2D eigenvalue weighted by molar-refractivity contribution is 0.165. The van der Waals surface area contributed by atoms with E-state index in [1.165, 1.54) is 50.9 Å². The minimum Gasteiger partial charge on any atom is -0.314 e. The van der Waals surface area contributed by atoms with E-state index in [1.807, 2.05) is 17.9 Å². The number of hydrogen-bond acceptors (Lipinski definition) is 3. The Kier molecular flexibility index (Phi) is 3.66. The fourth-order valence-corrected chi connectivity index (χ4v) is 2.89. The molecular formula is C14H24N4. The zero-order valence-corrected chi connectivity index (χ0v) is 11.3. The average molecular weight is 248 g/mol. The van der Waals surface area contributed by atoms with E-state index in [0.717, 1.165) is 18.5 Å². The van der Waals surface area contributed by atoms with Crippen LogP contribution in [0.2, 0.25) is 0 Å². The van der Waals surface area contributed by atoms with Crippen LogP contribution >= 0.6 is 0 Å². The maximum atomic E-state index is 4.25. The molecule has 4 nitrogen and oxygen atoms in total. The van der Waals surface area contributed by atoms with Crippen LogP contribution in [0.15, 0.2) is 12.4 Å². The summed E-state index contributed by atoms with van der Waals surface area (Å²) in [5, 5.41) is 7.92. The fourth-order valence-electron chi connectivity index (χ4n) is 2.89. The van der Waals surface area contributed by atoms with Crippen molar-refractivity contribution in [3.8, 4) is 0 Å². The van der Waals surface area contributed by atoms with Gasteiger partial charge in [-0.1, -0.05) is 0 Å². The Morgan fingerprint density at radius 2 is 2.28 bits per heavy atom. The van der Waals surface area contributed by atoms with Gasteiger partial charge >= 0.3 is 0 Å². The van der Waals surface area contributed by atoms with Crippen LogP contribution in [0, 0.1) is 5.92 Å². The third kappa shape index (κ3) is 3.33. The van der Waals surface area contributed by atoms with Crippen LogP contribution < -0.4 is 5.32 Å². The predicted molar refractivity (Wildman–Crippen MR) is 72.2 cm³/mol. The van der Waals surface area contributed by atoms with Crippen molar-refractivity contribution in [3.63, 3.8) is 0 Å². The molecule has 4 heteroatoms. The fraction of sp³-hybridized carbons (Fsp3) is 0.786. The SMILES string of the molecule is Cn1cc(CN2CCCC(CNC3CC3)C2)cn1. The summed E-state index contributed by atoms with van der Waals surface area (Å²) in [5.74, 6) is 0.844. The van der Waals surface area contributed by atoms with Gasteiger partial charge in [0, 0.05) is 37.9 Å². The number of piperidine rings is 1. The van der Waals surface area contributed by atoms with Crippen LogP contribution in [-0.2, 0) is 13.6 Å². The Balaban J connectivity index is 1.46. The molecule has 2 aliphatic rings. The minimum absolute atomic E-state index is 0.844. The third-order valence-electron chi connectivity index (χ3n) is 4.04. The summed E-state index contributed by atoms with van der Waals surface area (Å²) in [7, 11) is 1.99. The molecule has 2 fully saturated rings. The number of rotatable bonds is 5. The molecule has 100 valence electrons. The normalized spacial score (nSPS) is 25.5. The van der Waals surface area contributed by atoms with Crippen molar-refractivity contribution in [1.29, 1.82) is 0 Å². The summed E-state index contributed by atoms with van der Waals surface area (Å²) in [6.07, 6.45) is 9.65. The topological polar surface area (TPSA) is 33.1 Å². The minimum atomic E-state index is 0.844. The number of nitrogens with zero attached hydrogens (tertiary/aromatic N) is 3. The highest BCUT2D eigenvalue weighted by Gasteiger charge is 2.24. The van der Waals surface area contributed by atoms with E-state index in [0.29, 0.717) is 0 Å². The second-order valence-corrected chi connectivity index (χ2v) is 5.95. The monoisotopic (exact) mass is 248 g/mol. The van der Waals surface area contributed by atoms with Gasteiger partial charge in [-0.3, -0.25) is 9.58 Å². The number of nitrogens with one attached hydrogen (secondary N) is 1. The first-order valence-electron chi connectivity index (χ1n) is 7.23. The Hall–Kier alpha value is -0.870. The number of aryl methyl sites for hydroxylation is 1. The molecule has 18 heavy (non-hydrogen) atoms. The lowest BCUT2D eigenvalue weighted by Crippen LogP contribution is -2.39. The quantitative estimate of drug-likeness (QED) is 0.854. The van der Waals surface area contributed by atoms with Crippen LogP contribution in [0.25, 0.3) is 0 Å². The zero-order valence-electron chi connectivity index (χ0n) is 11.3. The van der Waals surface area contributed by atoms with Gasteiger partial charge in [0.05, 0.1) is 6.20 Å². The molecule has 1 saturated heterocycles. The molecule has 1 atom stereocenters. The standard InChI is InChI=1S/C14H24N4/c1-17-9-13(8-16-17)11-18-6-2-3-12(10-18)7-15-14-4-5-14/h8-9,12,14-15H,2-7,10-11H2,1H3. The lowest BCUT2D eigenvalue weighted by Gasteiger charge is -2.32. The van der Waals surface area contributed by atoms with Crippen LogP contribution in [0.4, 0.5) is 0 Å². The van der Waals surface area contributed by atoms with Crippen LogP contribution in [-0.4, -0.2) is 40.4 Å². The summed E-state index contributed by atoms with van der Waals surface area (Å²) in [6.45, 7) is 4.77. The summed E-state index contributed by atoms with van der Waals surface area (Å²) in [4.78, 5) is 2.58. The van der Waals surface area contributed by atoms with Gasteiger partial charge in [-0.15, -0.1) is 0 Å². The largest absolute Gasteiger partial charge is 0.314 e. The predicted octanol–water partition coefficient (Wildman–Crippen LogP) is 1.38. The molecule has 1 aromatic heterocycles. The molecule has 1 aliphatic carbocycles. The van der Waals surface area contributed by atoms with Gasteiger partial charge in [-0.2, -0.15) is 5.10 Å². The Bertz CT molecular complexity index is 383. The first kappa shape index (κ1) is 12.2. The summed E-state index contributed by atoms with van der Waals surface area (Å²) in [6, 6.07) is 0.846. The van der Waals surface area contributed by atoms with E-state index in [2.05, 4.69) is 21.5 Å². The smallest absolute Gasteiger partial charge is 0.0534 e. The van der Waals surface area contributed by atoms with Gasteiger partial charge in [-0.05, 0) is 44.7 Å². The number of likely N-dealkylation sites (tertiary alicyclic amines) is 1. The molecule has 1 aliphatic heterocycles. The second kappa shape index (κ2) is 5.41. The molecule has 0 spiro atoms. The third-order valence-corrected chi connectivity index (χ3v) is 4.04. The van der Waals surface area contributed by atoms with E-state index in [9.17, 15) is 0 Å². The molecule has 1 aromatic rings. The molecule has 0 amide bonds. The molecule has 0 radical (unpaired) electrons. The Labute approximate surface area is 109 Å². The van der Waals surface area contributed by atoms with Crippen molar-refractivity contribution < 1.29 is 0 Å². The van der Waals surface area contributed by atoms with Crippen molar-refractivity contribution >= 4 is 0 Å². The molecule has 0 aromatic carbocycles. The van der Waals surface area contributed by atoms with Crippen LogP contribution in [0.1, 0.15) is 31.2 Å². The molecule has 1 unspecified atom stereocenters. The molecule has 3 rings (SSSR count). The number of hydrogen-bond donors (Lipinski definition) is 1. The average Bonchev–Trinajstić information content (AvgIpc) is 3.11. The van der Waals surface area contributed by atoms with Crippen molar-refractivity contribution in [1.82, 2.24) is 20.0 Å². The highest BCUT2D eigenvalue weighted by Crippen LogP contribution is 2.22. The van der Waals surface area contributed by atoms with Crippen molar-refractivity contribution in [2.45, 2.75) is 38.3 Å². The van der Waals surface area contributed by atoms with E-state index >= 15 is 0 Å². The number of aromatic nitrogens is 2. The van der Waals surface area contributed by atoms with Gasteiger partial charge < -0.3 is 5.32 Å². The van der Waals surface area contributed by atoms with Crippen LogP contribution in [0.5, 0.6) is 0 Å². The molecule has 0 bridgehead atoms. The van der Waals surface area contributed by atoms with Gasteiger partial charge in [0.2, 0.25) is 0 Å². The van der Waals surface area contributed by atoms with E-state index in [1.54, 1.807) is 0 Å². The molecule has 2 heterocycles. The van der Waals surface area contributed by atoms with Crippen molar-refractivity contribution in [2.24, 2.45) is 13.0 Å². The summed E-state index contributed by atoms with van der Waals surface area (Å²) in [5.41, 5.74) is 1.34. The summed E-state index contributed by atoms with van der Waals surface area (Å²) < 4.78 is 1.89. The molecule has 1 N–H and O–H groups in total. The van der Waals surface area contributed by atoms with Crippen molar-refractivity contribution in [3.05, 3.63) is 18.0 Å². The summed E-state index contributed by atoms with van der Waals surface area (Å²) >= 11 is 0. The van der Waals surface area contributed by atoms with Gasteiger partial charge in [0.1, 0.15) is 0 Å². The van der Waals surface area contributed by atoms with E-state index in [-0.39, 0.29) is 0 Å². The second-order valence-electron chi connectivity index (χ2n) is 5.95. The van der Waals surface area contributed by atoms with E-state index < -0.39 is 0 Å². The van der Waals surface area contributed by atoms with Gasteiger partial charge in [0.15, 0.2) is 0 Å². The maximum absolute atomic E-state index is 4.25. The Morgan fingerprint density at radius 1 is 1.39 bits per heavy atom. The van der Waals surface area contributed by atoms with Crippen LogP contribution in [0.3, 0.4) is 0 Å². The maximum Gasteiger partial charge on any atom is 0.0534 e. The lowest BCUT2D eigenvalue weighted by atomic mass is 9.97. The first-order valence-corrected chi connectivity index (χ1v) is 7.23. The zero-order chi connectivity index (χ0) is 12.4. The van der Waals surface area contributed by atoms with Crippen molar-refractivity contribution in [2.75, 3.05) is 19.6 Å². The highest BCUT2D eigenvalue weighted by molar-refractivity contribution is 5.03. The highest BCUT2D eigenvalue weighted by atomic mass is 15.2. The van der Waals surface area contributed by atoms with Gasteiger partial charge in [-0.25, -0.2) is 0 Å². The molecule has 1 saturated carbocycles. The first-order chi connectivity index (χ1) is 8.79. The van der Waals surface area contributed by atoms with Gasteiger partial charge in [0.25, 0.3) is 0 Å². The van der Waals surface area contributed by atoms with E-state index in [4.69, 9.17) is 0 Å². The molecular weight excluding hydrogens is 224 g/mol. The Morgan fingerprint density at radius 3 is 3.00 bits per heavy atom.